The lowest BCUT2D eigenvalue weighted by Gasteiger charge is -2.32. The van der Waals surface area contributed by atoms with Crippen LogP contribution in [0.2, 0.25) is 0 Å². The Morgan fingerprint density at radius 2 is 1.64 bits per heavy atom. The maximum Gasteiger partial charge on any atom is 0.308 e. The molecule has 116 valence electrons. The van der Waals surface area contributed by atoms with Gasteiger partial charge in [-0.2, -0.15) is 0 Å². The van der Waals surface area contributed by atoms with Gasteiger partial charge in [-0.1, -0.05) is 12.1 Å². The van der Waals surface area contributed by atoms with E-state index in [1.54, 1.807) is 31.2 Å². The third kappa shape index (κ3) is 2.40. The summed E-state index contributed by atoms with van der Waals surface area (Å²) < 4.78 is 5.05. The van der Waals surface area contributed by atoms with Crippen molar-refractivity contribution in [3.8, 4) is 0 Å². The lowest BCUT2D eigenvalue weighted by molar-refractivity contribution is -0.149. The summed E-state index contributed by atoms with van der Waals surface area (Å²) in [6.45, 7) is 2.18. The minimum Gasteiger partial charge on any atom is -0.466 e. The average Bonchev–Trinajstić information content (AvgIpc) is 2.80. The molecule has 0 N–H and O–H groups in total. The summed E-state index contributed by atoms with van der Waals surface area (Å²) >= 11 is 0. The van der Waals surface area contributed by atoms with Crippen LogP contribution in [0.1, 0.15) is 53.3 Å². The number of carbonyl (C=O) groups excluding carboxylic acids is 3. The predicted octanol–water partition coefficient (Wildman–Crippen LogP) is 2.40. The zero-order chi connectivity index (χ0) is 15.7. The van der Waals surface area contributed by atoms with E-state index in [0.717, 1.165) is 0 Å². The molecular formula is C17H19NO4. The third-order valence-corrected chi connectivity index (χ3v) is 4.51. The lowest BCUT2D eigenvalue weighted by atomic mass is 9.85. The quantitative estimate of drug-likeness (QED) is 0.635. The molecule has 3 rings (SSSR count). The summed E-state index contributed by atoms with van der Waals surface area (Å²) in [6, 6.07) is 6.81. The van der Waals surface area contributed by atoms with Gasteiger partial charge in [0.1, 0.15) is 0 Å². The SMILES string of the molecule is CCOC(=O)[C@H]1CC[C@H](N2C(=O)c3ccccc3C2=O)CC1. The molecule has 5 nitrogen and oxygen atoms in total. The number of nitrogens with zero attached hydrogens (tertiary/aromatic N) is 1. The van der Waals surface area contributed by atoms with Crippen LogP contribution in [-0.4, -0.2) is 35.3 Å². The number of hydrogen-bond donors (Lipinski definition) is 0. The van der Waals surface area contributed by atoms with E-state index in [0.29, 0.717) is 43.4 Å². The molecule has 0 saturated heterocycles. The van der Waals surface area contributed by atoms with Crippen LogP contribution in [0.15, 0.2) is 24.3 Å². The molecule has 0 atom stereocenters. The maximum atomic E-state index is 12.4. The van der Waals surface area contributed by atoms with Crippen molar-refractivity contribution >= 4 is 17.8 Å². The van der Waals surface area contributed by atoms with Gasteiger partial charge >= 0.3 is 5.97 Å². The van der Waals surface area contributed by atoms with Gasteiger partial charge in [-0.15, -0.1) is 0 Å². The Labute approximate surface area is 129 Å². The molecule has 22 heavy (non-hydrogen) atoms. The third-order valence-electron chi connectivity index (χ3n) is 4.51. The molecule has 1 aromatic rings. The zero-order valence-corrected chi connectivity index (χ0v) is 12.6. The van der Waals surface area contributed by atoms with Crippen molar-refractivity contribution < 1.29 is 19.1 Å². The topological polar surface area (TPSA) is 63.7 Å². The number of imide groups is 1. The first kappa shape index (κ1) is 14.8. The van der Waals surface area contributed by atoms with Crippen molar-refractivity contribution in [2.24, 2.45) is 5.92 Å². The number of benzene rings is 1. The number of esters is 1. The van der Waals surface area contributed by atoms with E-state index in [1.807, 2.05) is 0 Å². The first-order valence-corrected chi connectivity index (χ1v) is 7.77. The van der Waals surface area contributed by atoms with Gasteiger partial charge in [0.2, 0.25) is 0 Å². The van der Waals surface area contributed by atoms with Crippen molar-refractivity contribution in [1.29, 1.82) is 0 Å². The van der Waals surface area contributed by atoms with Crippen LogP contribution in [0.3, 0.4) is 0 Å². The molecule has 1 aromatic carbocycles. The Kier molecular flexibility index (Phi) is 3.96. The minimum atomic E-state index is -0.208. The molecule has 1 aliphatic heterocycles. The highest BCUT2D eigenvalue weighted by molar-refractivity contribution is 6.21. The molecule has 2 amide bonds. The molecule has 1 aliphatic carbocycles. The fourth-order valence-electron chi connectivity index (χ4n) is 3.37. The van der Waals surface area contributed by atoms with Gasteiger partial charge in [-0.25, -0.2) is 0 Å². The van der Waals surface area contributed by atoms with Gasteiger partial charge in [-0.3, -0.25) is 19.3 Å². The molecule has 0 radical (unpaired) electrons. The zero-order valence-electron chi connectivity index (χ0n) is 12.6. The Bertz CT molecular complexity index is 582. The van der Waals surface area contributed by atoms with Crippen LogP contribution in [0.25, 0.3) is 0 Å². The fraction of sp³-hybridized carbons (Fsp3) is 0.471. The second-order valence-electron chi connectivity index (χ2n) is 5.78. The molecular weight excluding hydrogens is 282 g/mol. The Hall–Kier alpha value is -2.17. The van der Waals surface area contributed by atoms with E-state index in [9.17, 15) is 14.4 Å². The van der Waals surface area contributed by atoms with E-state index in [4.69, 9.17) is 4.74 Å². The van der Waals surface area contributed by atoms with Crippen molar-refractivity contribution in [2.45, 2.75) is 38.6 Å². The number of amides is 2. The highest BCUT2D eigenvalue weighted by Gasteiger charge is 2.41. The number of hydrogen-bond acceptors (Lipinski definition) is 4. The highest BCUT2D eigenvalue weighted by atomic mass is 16.5. The van der Waals surface area contributed by atoms with Crippen LogP contribution in [0.4, 0.5) is 0 Å². The number of fused-ring (bicyclic) bond motifs is 1. The van der Waals surface area contributed by atoms with Crippen molar-refractivity contribution in [2.75, 3.05) is 6.61 Å². The van der Waals surface area contributed by atoms with Crippen LogP contribution in [0.5, 0.6) is 0 Å². The molecule has 5 heteroatoms. The summed E-state index contributed by atoms with van der Waals surface area (Å²) in [5.74, 6) is -0.685. The molecule has 0 spiro atoms. The highest BCUT2D eigenvalue weighted by Crippen LogP contribution is 2.33. The van der Waals surface area contributed by atoms with Crippen LogP contribution in [0, 0.1) is 5.92 Å². The van der Waals surface area contributed by atoms with Crippen molar-refractivity contribution in [1.82, 2.24) is 4.90 Å². The van der Waals surface area contributed by atoms with Crippen LogP contribution in [-0.2, 0) is 9.53 Å². The molecule has 2 aliphatic rings. The molecule has 1 heterocycles. The summed E-state index contributed by atoms with van der Waals surface area (Å²) in [4.78, 5) is 38.0. The van der Waals surface area contributed by atoms with Crippen molar-refractivity contribution in [3.05, 3.63) is 35.4 Å². The van der Waals surface area contributed by atoms with Gasteiger partial charge in [0.15, 0.2) is 0 Å². The van der Waals surface area contributed by atoms with Gasteiger partial charge < -0.3 is 4.74 Å². The van der Waals surface area contributed by atoms with E-state index in [-0.39, 0.29) is 29.7 Å². The normalized spacial score (nSPS) is 24.3. The molecule has 1 saturated carbocycles. The standard InChI is InChI=1S/C17H19NO4/c1-2-22-17(21)11-7-9-12(10-8-11)18-15(19)13-5-3-4-6-14(13)16(18)20/h3-6,11-12H,2,7-10H2,1H3/t11-,12-. The lowest BCUT2D eigenvalue weighted by Crippen LogP contribution is -2.42. The maximum absolute atomic E-state index is 12.4. The number of ether oxygens (including phenoxy) is 1. The number of rotatable bonds is 3. The van der Waals surface area contributed by atoms with Gasteiger partial charge in [0.25, 0.3) is 11.8 Å². The predicted molar refractivity (Wildman–Crippen MR) is 79.3 cm³/mol. The minimum absolute atomic E-state index is 0.105. The van der Waals surface area contributed by atoms with E-state index in [2.05, 4.69) is 0 Å². The monoisotopic (exact) mass is 301 g/mol. The van der Waals surface area contributed by atoms with E-state index >= 15 is 0 Å². The van der Waals surface area contributed by atoms with E-state index in [1.165, 1.54) is 4.90 Å². The summed E-state index contributed by atoms with van der Waals surface area (Å²) in [7, 11) is 0. The average molecular weight is 301 g/mol. The molecule has 0 unspecified atom stereocenters. The smallest absolute Gasteiger partial charge is 0.308 e. The van der Waals surface area contributed by atoms with Crippen LogP contribution < -0.4 is 0 Å². The number of carbonyl (C=O) groups is 3. The molecule has 0 aromatic heterocycles. The Balaban J connectivity index is 1.69. The largest absolute Gasteiger partial charge is 0.466 e. The second-order valence-corrected chi connectivity index (χ2v) is 5.78. The molecule has 0 bridgehead atoms. The first-order chi connectivity index (χ1) is 10.6. The summed E-state index contributed by atoms with van der Waals surface area (Å²) in [6.07, 6.45) is 2.65. The second kappa shape index (κ2) is 5.91. The Morgan fingerprint density at radius 3 is 2.14 bits per heavy atom. The first-order valence-electron chi connectivity index (χ1n) is 7.77. The molecule has 1 fully saturated rings. The Morgan fingerprint density at radius 1 is 1.09 bits per heavy atom. The van der Waals surface area contributed by atoms with E-state index < -0.39 is 0 Å². The van der Waals surface area contributed by atoms with Crippen LogP contribution >= 0.6 is 0 Å². The summed E-state index contributed by atoms with van der Waals surface area (Å²) in [5, 5.41) is 0. The summed E-state index contributed by atoms with van der Waals surface area (Å²) in [5.41, 5.74) is 0.972. The van der Waals surface area contributed by atoms with Gasteiger partial charge in [-0.05, 0) is 44.7 Å². The fourth-order valence-corrected chi connectivity index (χ4v) is 3.37. The van der Waals surface area contributed by atoms with Gasteiger partial charge in [0, 0.05) is 6.04 Å². The van der Waals surface area contributed by atoms with Crippen molar-refractivity contribution in [3.63, 3.8) is 0 Å². The van der Waals surface area contributed by atoms with Gasteiger partial charge in [0.05, 0.1) is 23.7 Å².